The highest BCUT2D eigenvalue weighted by molar-refractivity contribution is 7.20. The average Bonchev–Trinajstić information content (AvgIpc) is 3.21. The van der Waals surface area contributed by atoms with Crippen LogP contribution in [0.2, 0.25) is 5.02 Å². The van der Waals surface area contributed by atoms with Gasteiger partial charge in [0.15, 0.2) is 0 Å². The fraction of sp³-hybridized carbons (Fsp3) is 0.269. The molecule has 0 aliphatic heterocycles. The number of rotatable bonds is 11. The molecule has 0 amide bonds. The van der Waals surface area contributed by atoms with Crippen molar-refractivity contribution in [1.29, 1.82) is 0 Å². The third kappa shape index (κ3) is 6.41. The number of aryl methyl sites for hydroxylation is 2. The summed E-state index contributed by atoms with van der Waals surface area (Å²) in [5.41, 5.74) is 0.436. The lowest BCUT2D eigenvalue weighted by atomic mass is 10.2. The fourth-order valence-electron chi connectivity index (χ4n) is 3.49. The van der Waals surface area contributed by atoms with Crippen LogP contribution in [-0.2, 0) is 11.3 Å². The minimum Gasteiger partial charge on any atom is -0.494 e. The largest absolute Gasteiger partial charge is 0.494 e. The van der Waals surface area contributed by atoms with Crippen molar-refractivity contribution in [2.75, 3.05) is 19.8 Å². The van der Waals surface area contributed by atoms with Crippen LogP contribution in [0.25, 0.3) is 10.2 Å². The summed E-state index contributed by atoms with van der Waals surface area (Å²) < 4.78 is 18.2. The van der Waals surface area contributed by atoms with Crippen molar-refractivity contribution in [2.45, 2.75) is 26.3 Å². The molecular formula is C26H25ClN2O5S. The second kappa shape index (κ2) is 11.9. The lowest BCUT2D eigenvalue weighted by molar-refractivity contribution is 0.0455. The van der Waals surface area contributed by atoms with Gasteiger partial charge in [0.05, 0.1) is 18.3 Å². The van der Waals surface area contributed by atoms with E-state index in [1.54, 1.807) is 23.6 Å². The second-order valence-corrected chi connectivity index (χ2v) is 9.22. The van der Waals surface area contributed by atoms with E-state index in [4.69, 9.17) is 25.8 Å². The molecule has 0 fully saturated rings. The van der Waals surface area contributed by atoms with Crippen LogP contribution in [0.4, 0.5) is 0 Å². The number of esters is 1. The number of carbonyl (C=O) groups is 1. The van der Waals surface area contributed by atoms with E-state index in [0.29, 0.717) is 44.6 Å². The molecule has 4 aromatic rings. The number of thiophene rings is 1. The van der Waals surface area contributed by atoms with Gasteiger partial charge in [-0.25, -0.2) is 9.78 Å². The molecule has 4 rings (SSSR count). The summed E-state index contributed by atoms with van der Waals surface area (Å²) in [5, 5.41) is 1.12. The maximum absolute atomic E-state index is 13.0. The van der Waals surface area contributed by atoms with Crippen molar-refractivity contribution in [2.24, 2.45) is 0 Å². The number of halogens is 1. The van der Waals surface area contributed by atoms with Gasteiger partial charge in [-0.2, -0.15) is 0 Å². The van der Waals surface area contributed by atoms with E-state index in [2.05, 4.69) is 4.98 Å². The van der Waals surface area contributed by atoms with Crippen LogP contribution in [-0.4, -0.2) is 35.3 Å². The Morgan fingerprint density at radius 2 is 1.69 bits per heavy atom. The first-order chi connectivity index (χ1) is 17.0. The van der Waals surface area contributed by atoms with Crippen molar-refractivity contribution >= 4 is 39.1 Å². The Kier molecular flexibility index (Phi) is 8.39. The molecule has 9 heteroatoms. The summed E-state index contributed by atoms with van der Waals surface area (Å²) in [4.78, 5) is 30.9. The van der Waals surface area contributed by atoms with Gasteiger partial charge in [-0.3, -0.25) is 9.36 Å². The standard InChI is InChI=1S/C26H25ClN2O5S/c1-18-22-24(35-23(18)26(31)34-16-15-33-20-7-3-2-4-8-20)28-17-29(25(22)30)13-5-6-14-32-21-11-9-19(27)10-12-21/h2-4,7-12,17H,5-6,13-16H2,1H3. The molecule has 2 heterocycles. The summed E-state index contributed by atoms with van der Waals surface area (Å²) in [7, 11) is 0. The third-order valence-corrected chi connectivity index (χ3v) is 6.74. The quantitative estimate of drug-likeness (QED) is 0.194. The number of aromatic nitrogens is 2. The SMILES string of the molecule is Cc1c(C(=O)OCCOc2ccccc2)sc2ncn(CCCCOc3ccc(Cl)cc3)c(=O)c12. The number of para-hydroxylation sites is 1. The Morgan fingerprint density at radius 3 is 2.46 bits per heavy atom. The molecule has 0 aliphatic carbocycles. The van der Waals surface area contributed by atoms with Crippen LogP contribution in [0.3, 0.4) is 0 Å². The minimum atomic E-state index is -0.479. The van der Waals surface area contributed by atoms with E-state index >= 15 is 0 Å². The maximum atomic E-state index is 13.0. The molecule has 182 valence electrons. The van der Waals surface area contributed by atoms with E-state index in [1.807, 2.05) is 42.5 Å². The molecule has 2 aromatic heterocycles. The highest BCUT2D eigenvalue weighted by Crippen LogP contribution is 2.27. The number of hydrogen-bond donors (Lipinski definition) is 0. The molecule has 0 atom stereocenters. The lowest BCUT2D eigenvalue weighted by Gasteiger charge is -2.08. The van der Waals surface area contributed by atoms with Crippen LogP contribution >= 0.6 is 22.9 Å². The zero-order valence-corrected chi connectivity index (χ0v) is 20.8. The summed E-state index contributed by atoms with van der Waals surface area (Å²) >= 11 is 7.05. The van der Waals surface area contributed by atoms with E-state index < -0.39 is 5.97 Å². The number of fused-ring (bicyclic) bond motifs is 1. The Hall–Kier alpha value is -3.36. The summed E-state index contributed by atoms with van der Waals surface area (Å²) in [6.45, 7) is 3.15. The number of carbonyl (C=O) groups excluding carboxylic acids is 1. The monoisotopic (exact) mass is 512 g/mol. The highest BCUT2D eigenvalue weighted by Gasteiger charge is 2.20. The van der Waals surface area contributed by atoms with Gasteiger partial charge >= 0.3 is 5.97 Å². The van der Waals surface area contributed by atoms with Gasteiger partial charge < -0.3 is 14.2 Å². The zero-order chi connectivity index (χ0) is 24.6. The summed E-state index contributed by atoms with van der Waals surface area (Å²) in [6.07, 6.45) is 3.06. The smallest absolute Gasteiger partial charge is 0.348 e. The number of benzene rings is 2. The Labute approximate surface area is 211 Å². The first-order valence-corrected chi connectivity index (χ1v) is 12.4. The highest BCUT2D eigenvalue weighted by atomic mass is 35.5. The van der Waals surface area contributed by atoms with Crippen LogP contribution in [0.1, 0.15) is 28.1 Å². The Morgan fingerprint density at radius 1 is 0.971 bits per heavy atom. The fourth-order valence-corrected chi connectivity index (χ4v) is 4.65. The van der Waals surface area contributed by atoms with Gasteiger partial charge in [0.25, 0.3) is 5.56 Å². The predicted molar refractivity (Wildman–Crippen MR) is 137 cm³/mol. The van der Waals surface area contributed by atoms with Crippen LogP contribution < -0.4 is 15.0 Å². The van der Waals surface area contributed by atoms with Crippen molar-refractivity contribution in [1.82, 2.24) is 9.55 Å². The van der Waals surface area contributed by atoms with Gasteiger partial charge in [-0.15, -0.1) is 11.3 Å². The van der Waals surface area contributed by atoms with Crippen LogP contribution in [0.15, 0.2) is 65.7 Å². The van der Waals surface area contributed by atoms with Crippen molar-refractivity contribution < 1.29 is 19.0 Å². The molecular weight excluding hydrogens is 488 g/mol. The molecule has 0 bridgehead atoms. The van der Waals surface area contributed by atoms with E-state index in [9.17, 15) is 9.59 Å². The number of hydrogen-bond acceptors (Lipinski definition) is 7. The summed E-state index contributed by atoms with van der Waals surface area (Å²) in [6, 6.07) is 16.5. The second-order valence-electron chi connectivity index (χ2n) is 7.79. The zero-order valence-electron chi connectivity index (χ0n) is 19.2. The van der Waals surface area contributed by atoms with Crippen LogP contribution in [0, 0.1) is 6.92 Å². The minimum absolute atomic E-state index is 0.108. The maximum Gasteiger partial charge on any atom is 0.348 e. The first kappa shape index (κ1) is 24.8. The molecule has 0 spiro atoms. The van der Waals surface area contributed by atoms with Gasteiger partial charge in [0.1, 0.15) is 34.4 Å². The van der Waals surface area contributed by atoms with E-state index in [-0.39, 0.29) is 18.8 Å². The van der Waals surface area contributed by atoms with E-state index in [1.165, 1.54) is 17.7 Å². The van der Waals surface area contributed by atoms with Gasteiger partial charge in [-0.1, -0.05) is 29.8 Å². The van der Waals surface area contributed by atoms with Crippen LogP contribution in [0.5, 0.6) is 11.5 Å². The molecule has 0 aliphatic rings. The molecule has 0 radical (unpaired) electrons. The summed E-state index contributed by atoms with van der Waals surface area (Å²) in [5.74, 6) is 0.991. The molecule has 0 saturated heterocycles. The van der Waals surface area contributed by atoms with Gasteiger partial charge in [0.2, 0.25) is 0 Å². The Balaban J connectivity index is 1.31. The van der Waals surface area contributed by atoms with Crippen molar-refractivity contribution in [3.05, 3.63) is 86.7 Å². The normalized spacial score (nSPS) is 10.9. The average molecular weight is 513 g/mol. The number of unbranched alkanes of at least 4 members (excludes halogenated alkanes) is 1. The molecule has 35 heavy (non-hydrogen) atoms. The third-order valence-electron chi connectivity index (χ3n) is 5.31. The molecule has 0 unspecified atom stereocenters. The first-order valence-electron chi connectivity index (χ1n) is 11.2. The van der Waals surface area contributed by atoms with E-state index in [0.717, 1.165) is 18.6 Å². The van der Waals surface area contributed by atoms with Gasteiger partial charge in [-0.05, 0) is 61.7 Å². The molecule has 7 nitrogen and oxygen atoms in total. The molecule has 0 saturated carbocycles. The van der Waals surface area contributed by atoms with Crippen molar-refractivity contribution in [3.63, 3.8) is 0 Å². The lowest BCUT2D eigenvalue weighted by Crippen LogP contribution is -2.21. The van der Waals surface area contributed by atoms with Gasteiger partial charge in [0, 0.05) is 11.6 Å². The Bertz CT molecular complexity index is 1340. The topological polar surface area (TPSA) is 79.7 Å². The molecule has 0 N–H and O–H groups in total. The van der Waals surface area contributed by atoms with Crippen molar-refractivity contribution in [3.8, 4) is 11.5 Å². The number of nitrogens with zero attached hydrogens (tertiary/aromatic N) is 2. The molecule has 2 aromatic carbocycles. The predicted octanol–water partition coefficient (Wildman–Crippen LogP) is 5.51. The number of ether oxygens (including phenoxy) is 3.